The Hall–Kier alpha value is -2.38. The number of rotatable bonds is 7. The van der Waals surface area contributed by atoms with Gasteiger partial charge in [-0.25, -0.2) is 12.7 Å². The molecule has 0 heterocycles. The fraction of sp³-hybridized carbons (Fsp3) is 0.316. The highest BCUT2D eigenvalue weighted by molar-refractivity contribution is 7.89. The third kappa shape index (κ3) is 4.42. The first kappa shape index (κ1) is 19.9. The van der Waals surface area contributed by atoms with E-state index in [0.29, 0.717) is 18.5 Å². The van der Waals surface area contributed by atoms with Crippen LogP contribution in [-0.2, 0) is 16.4 Å². The van der Waals surface area contributed by atoms with Crippen molar-refractivity contribution in [3.63, 3.8) is 0 Å². The number of hydrogen-bond donors (Lipinski definition) is 0. The Kier molecular flexibility index (Phi) is 6.39. The van der Waals surface area contributed by atoms with Crippen LogP contribution in [0.5, 0.6) is 5.75 Å². The number of ether oxygens (including phenoxy) is 1. The van der Waals surface area contributed by atoms with Crippen LogP contribution in [0.25, 0.3) is 0 Å². The van der Waals surface area contributed by atoms with Crippen molar-refractivity contribution in [2.75, 3.05) is 34.8 Å². The van der Waals surface area contributed by atoms with Crippen molar-refractivity contribution < 1.29 is 17.9 Å². The summed E-state index contributed by atoms with van der Waals surface area (Å²) in [6.45, 7) is 0.490. The molecule has 0 N–H and O–H groups in total. The second kappa shape index (κ2) is 8.33. The minimum atomic E-state index is -3.58. The molecule has 7 heteroatoms. The average Bonchev–Trinajstić information content (AvgIpc) is 2.65. The van der Waals surface area contributed by atoms with Crippen molar-refractivity contribution in [1.29, 1.82) is 0 Å². The van der Waals surface area contributed by atoms with E-state index in [1.165, 1.54) is 26.2 Å². The van der Waals surface area contributed by atoms with Crippen molar-refractivity contribution in [2.45, 2.75) is 11.3 Å². The molecule has 0 aromatic heterocycles. The first-order valence-electron chi connectivity index (χ1n) is 8.17. The summed E-state index contributed by atoms with van der Waals surface area (Å²) in [6, 6.07) is 13.8. The van der Waals surface area contributed by atoms with E-state index in [-0.39, 0.29) is 10.8 Å². The molecule has 140 valence electrons. The third-order valence-corrected chi connectivity index (χ3v) is 5.93. The van der Waals surface area contributed by atoms with Crippen LogP contribution in [0.15, 0.2) is 53.4 Å². The van der Waals surface area contributed by atoms with Gasteiger partial charge in [0.15, 0.2) is 0 Å². The zero-order valence-electron chi connectivity index (χ0n) is 15.5. The van der Waals surface area contributed by atoms with Crippen LogP contribution in [0, 0.1) is 0 Å². The Morgan fingerprint density at radius 1 is 1.04 bits per heavy atom. The number of carbonyl (C=O) groups is 1. The van der Waals surface area contributed by atoms with E-state index in [4.69, 9.17) is 4.74 Å². The maximum Gasteiger partial charge on any atom is 0.253 e. The first-order valence-corrected chi connectivity index (χ1v) is 9.61. The van der Waals surface area contributed by atoms with Crippen molar-refractivity contribution >= 4 is 15.9 Å². The van der Waals surface area contributed by atoms with Crippen molar-refractivity contribution in [1.82, 2.24) is 9.21 Å². The Labute approximate surface area is 155 Å². The van der Waals surface area contributed by atoms with Crippen LogP contribution in [0.2, 0.25) is 0 Å². The van der Waals surface area contributed by atoms with E-state index in [1.807, 2.05) is 24.3 Å². The van der Waals surface area contributed by atoms with Gasteiger partial charge >= 0.3 is 0 Å². The van der Waals surface area contributed by atoms with Crippen LogP contribution in [0.3, 0.4) is 0 Å². The quantitative estimate of drug-likeness (QED) is 0.743. The number of sulfonamides is 1. The summed E-state index contributed by atoms with van der Waals surface area (Å²) in [5, 5.41) is 0. The van der Waals surface area contributed by atoms with Gasteiger partial charge in [0.2, 0.25) is 10.0 Å². The molecular formula is C19H24N2O4S. The monoisotopic (exact) mass is 376 g/mol. The van der Waals surface area contributed by atoms with Gasteiger partial charge < -0.3 is 9.64 Å². The van der Waals surface area contributed by atoms with Crippen LogP contribution in [0.1, 0.15) is 15.9 Å². The fourth-order valence-corrected chi connectivity index (χ4v) is 3.47. The van der Waals surface area contributed by atoms with E-state index in [9.17, 15) is 13.2 Å². The van der Waals surface area contributed by atoms with Gasteiger partial charge in [0.25, 0.3) is 5.91 Å². The highest BCUT2D eigenvalue weighted by Gasteiger charge is 2.20. The molecule has 1 amide bonds. The SMILES string of the molecule is COc1ccccc1CCN(C)C(=O)c1cccc(S(=O)(=O)N(C)C)c1. The van der Waals surface area contributed by atoms with Crippen molar-refractivity contribution in [3.05, 3.63) is 59.7 Å². The van der Waals surface area contributed by atoms with E-state index < -0.39 is 10.0 Å². The van der Waals surface area contributed by atoms with Gasteiger partial charge in [-0.15, -0.1) is 0 Å². The highest BCUT2D eigenvalue weighted by atomic mass is 32.2. The molecule has 0 aliphatic heterocycles. The summed E-state index contributed by atoms with van der Waals surface area (Å²) in [5.41, 5.74) is 1.36. The smallest absolute Gasteiger partial charge is 0.253 e. The predicted molar refractivity (Wildman–Crippen MR) is 101 cm³/mol. The molecule has 6 nitrogen and oxygen atoms in total. The van der Waals surface area contributed by atoms with Gasteiger partial charge in [-0.2, -0.15) is 0 Å². The molecule has 26 heavy (non-hydrogen) atoms. The first-order chi connectivity index (χ1) is 12.3. The lowest BCUT2D eigenvalue weighted by molar-refractivity contribution is 0.0796. The molecule has 0 aliphatic carbocycles. The molecule has 0 saturated carbocycles. The topological polar surface area (TPSA) is 66.9 Å². The molecule has 0 bridgehead atoms. The lowest BCUT2D eigenvalue weighted by Crippen LogP contribution is -2.29. The molecule has 0 atom stereocenters. The molecule has 0 spiro atoms. The molecule has 2 aromatic rings. The molecule has 0 fully saturated rings. The highest BCUT2D eigenvalue weighted by Crippen LogP contribution is 2.19. The van der Waals surface area contributed by atoms with Gasteiger partial charge in [0.05, 0.1) is 12.0 Å². The summed E-state index contributed by atoms with van der Waals surface area (Å²) < 4.78 is 30.9. The van der Waals surface area contributed by atoms with E-state index in [2.05, 4.69) is 0 Å². The molecule has 2 aromatic carbocycles. The predicted octanol–water partition coefficient (Wildman–Crippen LogP) is 2.26. The van der Waals surface area contributed by atoms with Gasteiger partial charge in [-0.3, -0.25) is 4.79 Å². The summed E-state index contributed by atoms with van der Waals surface area (Å²) >= 11 is 0. The number of hydrogen-bond acceptors (Lipinski definition) is 4. The second-order valence-corrected chi connectivity index (χ2v) is 8.26. The van der Waals surface area contributed by atoms with Crippen molar-refractivity contribution in [2.24, 2.45) is 0 Å². The molecule has 0 unspecified atom stereocenters. The van der Waals surface area contributed by atoms with Crippen LogP contribution < -0.4 is 4.74 Å². The molecule has 0 aliphatic rings. The Balaban J connectivity index is 2.13. The third-order valence-electron chi connectivity index (χ3n) is 4.12. The van der Waals surface area contributed by atoms with Gasteiger partial charge in [0, 0.05) is 33.3 Å². The Morgan fingerprint density at radius 3 is 2.38 bits per heavy atom. The van der Waals surface area contributed by atoms with E-state index in [1.54, 1.807) is 31.2 Å². The van der Waals surface area contributed by atoms with E-state index in [0.717, 1.165) is 15.6 Å². The summed E-state index contributed by atoms with van der Waals surface area (Å²) in [7, 11) is 2.66. The Morgan fingerprint density at radius 2 is 1.73 bits per heavy atom. The summed E-state index contributed by atoms with van der Waals surface area (Å²) in [5.74, 6) is 0.558. The maximum atomic E-state index is 12.7. The number of benzene rings is 2. The number of amides is 1. The molecule has 0 radical (unpaired) electrons. The maximum absolute atomic E-state index is 12.7. The normalized spacial score (nSPS) is 11.4. The second-order valence-electron chi connectivity index (χ2n) is 6.10. The number of para-hydroxylation sites is 1. The van der Waals surface area contributed by atoms with Crippen molar-refractivity contribution in [3.8, 4) is 5.75 Å². The van der Waals surface area contributed by atoms with E-state index >= 15 is 0 Å². The zero-order chi connectivity index (χ0) is 19.3. The number of nitrogens with zero attached hydrogens (tertiary/aromatic N) is 2. The number of methoxy groups -OCH3 is 1. The average molecular weight is 376 g/mol. The lowest BCUT2D eigenvalue weighted by Gasteiger charge is -2.19. The fourth-order valence-electron chi connectivity index (χ4n) is 2.52. The zero-order valence-corrected chi connectivity index (χ0v) is 16.3. The number of carbonyl (C=O) groups excluding carboxylic acids is 1. The molecular weight excluding hydrogens is 352 g/mol. The Bertz CT molecular complexity index is 879. The molecule has 2 rings (SSSR count). The van der Waals surface area contributed by atoms with Gasteiger partial charge in [-0.05, 0) is 36.2 Å². The minimum absolute atomic E-state index is 0.103. The molecule has 0 saturated heterocycles. The standard InChI is InChI=1S/C19H24N2O4S/c1-20(2)26(23,24)17-10-7-9-16(14-17)19(22)21(3)13-12-15-8-5-6-11-18(15)25-4/h5-11,14H,12-13H2,1-4H3. The summed E-state index contributed by atoms with van der Waals surface area (Å²) in [4.78, 5) is 14.3. The minimum Gasteiger partial charge on any atom is -0.496 e. The van der Waals surface area contributed by atoms with Gasteiger partial charge in [-0.1, -0.05) is 24.3 Å². The van der Waals surface area contributed by atoms with Crippen LogP contribution in [0.4, 0.5) is 0 Å². The van der Waals surface area contributed by atoms with Gasteiger partial charge in [0.1, 0.15) is 5.75 Å². The number of likely N-dealkylation sites (N-methyl/N-ethyl adjacent to an activating group) is 1. The lowest BCUT2D eigenvalue weighted by atomic mass is 10.1. The summed E-state index contributed by atoms with van der Waals surface area (Å²) in [6.07, 6.45) is 0.641. The van der Waals surface area contributed by atoms with Crippen LogP contribution in [-0.4, -0.2) is 58.3 Å². The van der Waals surface area contributed by atoms with Crippen LogP contribution >= 0.6 is 0 Å². The largest absolute Gasteiger partial charge is 0.496 e.